The van der Waals surface area contributed by atoms with Crippen LogP contribution >= 0.6 is 11.3 Å². The molecular formula is C8H10S. The standard InChI is InChI=1S/C8H10S/c1-3-4-8-5-6-9-7(8)2/h3-6H,1-2H3/b4-3-. The van der Waals surface area contributed by atoms with Crippen molar-refractivity contribution in [3.05, 3.63) is 28.0 Å². The van der Waals surface area contributed by atoms with Crippen molar-refractivity contribution in [2.75, 3.05) is 0 Å². The molecule has 0 N–H and O–H groups in total. The minimum absolute atomic E-state index is 1.35. The molecule has 0 unspecified atom stereocenters. The summed E-state index contributed by atoms with van der Waals surface area (Å²) in [4.78, 5) is 1.40. The van der Waals surface area contributed by atoms with Crippen molar-refractivity contribution in [1.29, 1.82) is 0 Å². The smallest absolute Gasteiger partial charge is 0.00864 e. The number of thiophene rings is 1. The van der Waals surface area contributed by atoms with Crippen LogP contribution in [0, 0.1) is 6.92 Å². The molecule has 0 aliphatic rings. The monoisotopic (exact) mass is 138 g/mol. The molecule has 1 heterocycles. The third-order valence-corrected chi connectivity index (χ3v) is 2.11. The fourth-order valence-corrected chi connectivity index (χ4v) is 1.44. The predicted octanol–water partition coefficient (Wildman–Crippen LogP) is 3.09. The van der Waals surface area contributed by atoms with Crippen LogP contribution in [-0.2, 0) is 0 Å². The normalized spacial score (nSPS) is 10.9. The number of hydrogen-bond acceptors (Lipinski definition) is 1. The molecule has 0 aliphatic heterocycles. The highest BCUT2D eigenvalue weighted by Crippen LogP contribution is 2.15. The van der Waals surface area contributed by atoms with Gasteiger partial charge in [0.2, 0.25) is 0 Å². The molecule has 0 fully saturated rings. The molecule has 0 aliphatic carbocycles. The van der Waals surface area contributed by atoms with Gasteiger partial charge in [0.15, 0.2) is 0 Å². The second-order valence-electron chi connectivity index (χ2n) is 1.93. The van der Waals surface area contributed by atoms with Gasteiger partial charge in [-0.3, -0.25) is 0 Å². The highest BCUT2D eigenvalue weighted by molar-refractivity contribution is 7.10. The molecule has 9 heavy (non-hydrogen) atoms. The van der Waals surface area contributed by atoms with Gasteiger partial charge in [0.25, 0.3) is 0 Å². The van der Waals surface area contributed by atoms with E-state index in [1.807, 2.05) is 6.92 Å². The lowest BCUT2D eigenvalue weighted by atomic mass is 10.2. The van der Waals surface area contributed by atoms with E-state index >= 15 is 0 Å². The van der Waals surface area contributed by atoms with E-state index in [1.54, 1.807) is 11.3 Å². The molecule has 0 saturated carbocycles. The van der Waals surface area contributed by atoms with E-state index in [9.17, 15) is 0 Å². The lowest BCUT2D eigenvalue weighted by molar-refractivity contribution is 1.59. The Balaban J connectivity index is 2.94. The maximum absolute atomic E-state index is 2.14. The number of aryl methyl sites for hydroxylation is 1. The summed E-state index contributed by atoms with van der Waals surface area (Å²) in [6.07, 6.45) is 4.20. The Morgan fingerprint density at radius 1 is 1.56 bits per heavy atom. The molecule has 1 aromatic rings. The fourth-order valence-electron chi connectivity index (χ4n) is 0.747. The maximum atomic E-state index is 2.14. The summed E-state index contributed by atoms with van der Waals surface area (Å²) in [6.45, 7) is 4.18. The van der Waals surface area contributed by atoms with Crippen LogP contribution in [0.4, 0.5) is 0 Å². The number of rotatable bonds is 1. The quantitative estimate of drug-likeness (QED) is 0.559. The van der Waals surface area contributed by atoms with Crippen LogP contribution in [0.2, 0.25) is 0 Å². The third-order valence-electron chi connectivity index (χ3n) is 1.25. The summed E-state index contributed by atoms with van der Waals surface area (Å²) < 4.78 is 0. The Labute approximate surface area is 59.8 Å². The molecule has 0 spiro atoms. The van der Waals surface area contributed by atoms with Gasteiger partial charge in [0.05, 0.1) is 0 Å². The molecule has 0 aromatic carbocycles. The summed E-state index contributed by atoms with van der Waals surface area (Å²) >= 11 is 1.79. The van der Waals surface area contributed by atoms with Crippen molar-refractivity contribution in [3.8, 4) is 0 Å². The Hall–Kier alpha value is -0.560. The largest absolute Gasteiger partial charge is 0.149 e. The van der Waals surface area contributed by atoms with Gasteiger partial charge in [-0.05, 0) is 30.9 Å². The van der Waals surface area contributed by atoms with Gasteiger partial charge in [0.1, 0.15) is 0 Å². The maximum Gasteiger partial charge on any atom is 0.00864 e. The van der Waals surface area contributed by atoms with Crippen molar-refractivity contribution >= 4 is 17.4 Å². The Bertz CT molecular complexity index is 208. The van der Waals surface area contributed by atoms with Crippen molar-refractivity contribution in [2.24, 2.45) is 0 Å². The molecule has 0 amide bonds. The molecule has 0 nitrogen and oxygen atoms in total. The van der Waals surface area contributed by atoms with Crippen LogP contribution in [0.5, 0.6) is 0 Å². The van der Waals surface area contributed by atoms with E-state index in [2.05, 4.69) is 30.5 Å². The molecule has 0 saturated heterocycles. The second-order valence-corrected chi connectivity index (χ2v) is 3.05. The van der Waals surface area contributed by atoms with E-state index in [-0.39, 0.29) is 0 Å². The summed E-state index contributed by atoms with van der Waals surface area (Å²) in [5, 5.41) is 2.12. The Kier molecular flexibility index (Phi) is 2.06. The van der Waals surface area contributed by atoms with E-state index in [0.29, 0.717) is 0 Å². The van der Waals surface area contributed by atoms with Gasteiger partial charge >= 0.3 is 0 Å². The van der Waals surface area contributed by atoms with Crippen LogP contribution in [0.3, 0.4) is 0 Å². The fraction of sp³-hybridized carbons (Fsp3) is 0.250. The van der Waals surface area contributed by atoms with E-state index in [0.717, 1.165) is 0 Å². The van der Waals surface area contributed by atoms with Crippen LogP contribution in [0.1, 0.15) is 17.4 Å². The average Bonchev–Trinajstić information content (AvgIpc) is 2.18. The van der Waals surface area contributed by atoms with Crippen LogP contribution in [-0.4, -0.2) is 0 Å². The summed E-state index contributed by atoms with van der Waals surface area (Å²) in [7, 11) is 0. The number of hydrogen-bond donors (Lipinski definition) is 0. The lowest BCUT2D eigenvalue weighted by Crippen LogP contribution is -1.64. The van der Waals surface area contributed by atoms with Gasteiger partial charge < -0.3 is 0 Å². The molecule has 1 rings (SSSR count). The van der Waals surface area contributed by atoms with Crippen LogP contribution < -0.4 is 0 Å². The van der Waals surface area contributed by atoms with E-state index in [1.165, 1.54) is 10.4 Å². The first kappa shape index (κ1) is 6.56. The zero-order valence-corrected chi connectivity index (χ0v) is 6.53. The SMILES string of the molecule is C/C=C\c1ccsc1C. The predicted molar refractivity (Wildman–Crippen MR) is 43.8 cm³/mol. The molecule has 0 radical (unpaired) electrons. The molecule has 1 heteroatoms. The van der Waals surface area contributed by atoms with Gasteiger partial charge in [-0.15, -0.1) is 11.3 Å². The third kappa shape index (κ3) is 1.42. The lowest BCUT2D eigenvalue weighted by Gasteiger charge is -1.84. The molecule has 48 valence electrons. The summed E-state index contributed by atoms with van der Waals surface area (Å²) in [5.74, 6) is 0. The van der Waals surface area contributed by atoms with Gasteiger partial charge in [-0.2, -0.15) is 0 Å². The highest BCUT2D eigenvalue weighted by atomic mass is 32.1. The molecule has 1 aromatic heterocycles. The minimum Gasteiger partial charge on any atom is -0.149 e. The first-order valence-electron chi connectivity index (χ1n) is 3.01. The van der Waals surface area contributed by atoms with E-state index in [4.69, 9.17) is 0 Å². The van der Waals surface area contributed by atoms with Crippen LogP contribution in [0.15, 0.2) is 17.5 Å². The minimum atomic E-state index is 1.35. The zero-order chi connectivity index (χ0) is 6.69. The van der Waals surface area contributed by atoms with E-state index < -0.39 is 0 Å². The van der Waals surface area contributed by atoms with Crippen molar-refractivity contribution in [2.45, 2.75) is 13.8 Å². The van der Waals surface area contributed by atoms with Gasteiger partial charge in [0, 0.05) is 4.88 Å². The first-order chi connectivity index (χ1) is 4.34. The van der Waals surface area contributed by atoms with Crippen LogP contribution in [0.25, 0.3) is 6.08 Å². The summed E-state index contributed by atoms with van der Waals surface area (Å²) in [6, 6.07) is 2.14. The molecular weight excluding hydrogens is 128 g/mol. The zero-order valence-electron chi connectivity index (χ0n) is 5.72. The Morgan fingerprint density at radius 3 is 2.78 bits per heavy atom. The first-order valence-corrected chi connectivity index (χ1v) is 3.89. The topological polar surface area (TPSA) is 0 Å². The van der Waals surface area contributed by atoms with Crippen molar-refractivity contribution in [1.82, 2.24) is 0 Å². The summed E-state index contributed by atoms with van der Waals surface area (Å²) in [5.41, 5.74) is 1.35. The van der Waals surface area contributed by atoms with Crippen molar-refractivity contribution < 1.29 is 0 Å². The molecule has 0 atom stereocenters. The second kappa shape index (κ2) is 2.83. The van der Waals surface area contributed by atoms with Crippen molar-refractivity contribution in [3.63, 3.8) is 0 Å². The Morgan fingerprint density at radius 2 is 2.33 bits per heavy atom. The van der Waals surface area contributed by atoms with Gasteiger partial charge in [-0.1, -0.05) is 12.2 Å². The highest BCUT2D eigenvalue weighted by Gasteiger charge is 1.90. The average molecular weight is 138 g/mol. The molecule has 0 bridgehead atoms. The van der Waals surface area contributed by atoms with Gasteiger partial charge in [-0.25, -0.2) is 0 Å². The number of allylic oxidation sites excluding steroid dienone is 1.